The van der Waals surface area contributed by atoms with Gasteiger partial charge in [-0.25, -0.2) is 0 Å². The van der Waals surface area contributed by atoms with E-state index >= 15 is 0 Å². The van der Waals surface area contributed by atoms with Gasteiger partial charge in [0.25, 0.3) is 0 Å². The lowest BCUT2D eigenvalue weighted by Crippen LogP contribution is -2.63. The van der Waals surface area contributed by atoms with Gasteiger partial charge in [-0.3, -0.25) is 9.80 Å². The van der Waals surface area contributed by atoms with E-state index in [4.69, 9.17) is 9.97 Å². The highest BCUT2D eigenvalue weighted by atomic mass is 15.3. The molecule has 2 saturated heterocycles. The zero-order chi connectivity index (χ0) is 25.0. The van der Waals surface area contributed by atoms with Gasteiger partial charge in [0.1, 0.15) is 5.82 Å². The van der Waals surface area contributed by atoms with Crippen molar-refractivity contribution in [3.8, 4) is 0 Å². The molecule has 0 radical (unpaired) electrons. The molecule has 0 spiro atoms. The van der Waals surface area contributed by atoms with Gasteiger partial charge in [0.15, 0.2) is 0 Å². The van der Waals surface area contributed by atoms with Gasteiger partial charge in [-0.15, -0.1) is 0 Å². The van der Waals surface area contributed by atoms with Gasteiger partial charge in [0, 0.05) is 41.3 Å². The molecule has 7 heteroatoms. The van der Waals surface area contributed by atoms with E-state index in [1.807, 2.05) is 6.92 Å². The Morgan fingerprint density at radius 2 is 1.39 bits per heavy atom. The third-order valence-electron chi connectivity index (χ3n) is 9.13. The number of hydrogen-bond donors (Lipinski definition) is 1. The van der Waals surface area contributed by atoms with Crippen LogP contribution in [0.4, 0.5) is 11.9 Å². The SMILES string of the molecule is CCC1(C)CC(N(C)c2nc(C)nc(NC3CC(C)(C)N(C)C(C)(C)C3)n2)CC(C)(C)N1C. The minimum absolute atomic E-state index is 0.116. The second-order valence-corrected chi connectivity index (χ2v) is 12.8. The quantitative estimate of drug-likeness (QED) is 0.683. The van der Waals surface area contributed by atoms with Crippen LogP contribution in [0, 0.1) is 6.92 Å². The van der Waals surface area contributed by atoms with Crippen LogP contribution < -0.4 is 10.2 Å². The summed E-state index contributed by atoms with van der Waals surface area (Å²) in [5.41, 5.74) is 0.516. The minimum Gasteiger partial charge on any atom is -0.351 e. The van der Waals surface area contributed by atoms with Crippen LogP contribution in [0.15, 0.2) is 0 Å². The molecule has 2 aliphatic heterocycles. The summed E-state index contributed by atoms with van der Waals surface area (Å²) in [5, 5.41) is 3.68. The van der Waals surface area contributed by atoms with Crippen LogP contribution in [0.5, 0.6) is 0 Å². The maximum Gasteiger partial charge on any atom is 0.230 e. The summed E-state index contributed by atoms with van der Waals surface area (Å²) in [7, 11) is 6.67. The van der Waals surface area contributed by atoms with Crippen LogP contribution in [-0.4, -0.2) is 80.1 Å². The number of rotatable bonds is 5. The molecule has 0 aromatic carbocycles. The molecular formula is C26H49N7. The zero-order valence-electron chi connectivity index (χ0n) is 23.4. The molecule has 3 rings (SSSR count). The number of piperidine rings is 2. The highest BCUT2D eigenvalue weighted by Crippen LogP contribution is 2.41. The topological polar surface area (TPSA) is 60.4 Å². The van der Waals surface area contributed by atoms with E-state index in [1.165, 1.54) is 0 Å². The fraction of sp³-hybridized carbons (Fsp3) is 0.885. The minimum atomic E-state index is 0.116. The Kier molecular flexibility index (Phi) is 6.84. The van der Waals surface area contributed by atoms with Gasteiger partial charge in [-0.2, -0.15) is 15.0 Å². The van der Waals surface area contributed by atoms with E-state index in [2.05, 4.69) is 102 Å². The van der Waals surface area contributed by atoms with Crippen LogP contribution >= 0.6 is 0 Å². The maximum atomic E-state index is 4.92. The average molecular weight is 460 g/mol. The highest BCUT2D eigenvalue weighted by Gasteiger charge is 2.46. The summed E-state index contributed by atoms with van der Waals surface area (Å²) in [6.45, 7) is 20.7. The first-order valence-electron chi connectivity index (χ1n) is 12.7. The Morgan fingerprint density at radius 3 is 1.94 bits per heavy atom. The molecule has 3 heterocycles. The second kappa shape index (κ2) is 8.63. The Labute approximate surface area is 202 Å². The Balaban J connectivity index is 1.83. The van der Waals surface area contributed by atoms with Gasteiger partial charge in [0.2, 0.25) is 11.9 Å². The smallest absolute Gasteiger partial charge is 0.230 e. The lowest BCUT2D eigenvalue weighted by atomic mass is 9.75. The molecule has 1 aromatic rings. The summed E-state index contributed by atoms with van der Waals surface area (Å²) < 4.78 is 0. The standard InChI is InChI=1S/C26H49N7/c1-13-26(9)17-20(16-25(7,8)33(26)12)31(10)22-28-18(2)27-21(30-22)29-19-14-23(3,4)32(11)24(5,6)15-19/h19-20H,13-17H2,1-12H3,(H,27,28,29,30). The molecule has 33 heavy (non-hydrogen) atoms. The molecule has 2 unspecified atom stereocenters. The Bertz CT molecular complexity index is 831. The van der Waals surface area contributed by atoms with Gasteiger partial charge >= 0.3 is 0 Å². The van der Waals surface area contributed by atoms with Crippen LogP contribution in [0.1, 0.15) is 93.3 Å². The fourth-order valence-electron chi connectivity index (χ4n) is 6.33. The van der Waals surface area contributed by atoms with Crippen LogP contribution in [0.3, 0.4) is 0 Å². The molecule has 0 aliphatic carbocycles. The molecule has 0 amide bonds. The molecule has 2 aliphatic rings. The molecule has 188 valence electrons. The lowest BCUT2D eigenvalue weighted by molar-refractivity contribution is -0.0252. The number of hydrogen-bond acceptors (Lipinski definition) is 7. The number of aromatic nitrogens is 3. The zero-order valence-corrected chi connectivity index (χ0v) is 23.4. The van der Waals surface area contributed by atoms with Gasteiger partial charge in [-0.05, 0) is 102 Å². The van der Waals surface area contributed by atoms with Crippen molar-refractivity contribution < 1.29 is 0 Å². The van der Waals surface area contributed by atoms with Gasteiger partial charge < -0.3 is 10.2 Å². The number of nitrogens with one attached hydrogen (secondary N) is 1. The number of likely N-dealkylation sites (tertiary alicyclic amines) is 2. The molecule has 2 fully saturated rings. The van der Waals surface area contributed by atoms with Crippen molar-refractivity contribution in [2.24, 2.45) is 0 Å². The van der Waals surface area contributed by atoms with Gasteiger partial charge in [-0.1, -0.05) is 6.92 Å². The number of nitrogens with zero attached hydrogens (tertiary/aromatic N) is 6. The van der Waals surface area contributed by atoms with Crippen molar-refractivity contribution in [2.75, 3.05) is 31.4 Å². The summed E-state index contributed by atoms with van der Waals surface area (Å²) in [6, 6.07) is 0.716. The third kappa shape index (κ3) is 5.14. The van der Waals surface area contributed by atoms with E-state index in [0.717, 1.165) is 43.9 Å². The molecule has 1 aromatic heterocycles. The summed E-state index contributed by atoms with van der Waals surface area (Å²) in [5.74, 6) is 2.25. The van der Waals surface area contributed by atoms with Crippen molar-refractivity contribution in [1.82, 2.24) is 24.8 Å². The van der Waals surface area contributed by atoms with E-state index in [-0.39, 0.29) is 22.2 Å². The second-order valence-electron chi connectivity index (χ2n) is 12.8. The summed E-state index contributed by atoms with van der Waals surface area (Å²) >= 11 is 0. The lowest BCUT2D eigenvalue weighted by Gasteiger charge is -2.56. The van der Waals surface area contributed by atoms with Crippen LogP contribution in [-0.2, 0) is 0 Å². The van der Waals surface area contributed by atoms with E-state index in [0.29, 0.717) is 18.0 Å². The summed E-state index contributed by atoms with van der Waals surface area (Å²) in [6.07, 6.45) is 5.43. The predicted molar refractivity (Wildman–Crippen MR) is 139 cm³/mol. The first kappa shape index (κ1) is 26.1. The van der Waals surface area contributed by atoms with Crippen LogP contribution in [0.25, 0.3) is 0 Å². The molecule has 1 N–H and O–H groups in total. The average Bonchev–Trinajstić information content (AvgIpc) is 2.68. The van der Waals surface area contributed by atoms with Crippen LogP contribution in [0.2, 0.25) is 0 Å². The molecule has 7 nitrogen and oxygen atoms in total. The van der Waals surface area contributed by atoms with Crippen molar-refractivity contribution in [2.45, 2.75) is 129 Å². The first-order valence-corrected chi connectivity index (χ1v) is 12.7. The Morgan fingerprint density at radius 1 is 0.848 bits per heavy atom. The third-order valence-corrected chi connectivity index (χ3v) is 9.13. The highest BCUT2D eigenvalue weighted by molar-refractivity contribution is 5.39. The monoisotopic (exact) mass is 459 g/mol. The largest absolute Gasteiger partial charge is 0.351 e. The van der Waals surface area contributed by atoms with E-state index in [1.54, 1.807) is 0 Å². The Hall–Kier alpha value is -1.47. The van der Waals surface area contributed by atoms with Crippen molar-refractivity contribution in [1.29, 1.82) is 0 Å². The summed E-state index contributed by atoms with van der Waals surface area (Å²) in [4.78, 5) is 21.7. The molecule has 2 atom stereocenters. The van der Waals surface area contributed by atoms with Crippen molar-refractivity contribution in [3.05, 3.63) is 5.82 Å². The predicted octanol–water partition coefficient (Wildman–Crippen LogP) is 4.72. The number of anilines is 2. The number of aryl methyl sites for hydroxylation is 1. The molecular weight excluding hydrogens is 410 g/mol. The molecule has 0 saturated carbocycles. The first-order chi connectivity index (χ1) is 15.0. The van der Waals surface area contributed by atoms with Crippen molar-refractivity contribution in [3.63, 3.8) is 0 Å². The maximum absolute atomic E-state index is 4.92. The van der Waals surface area contributed by atoms with Gasteiger partial charge in [0.05, 0.1) is 0 Å². The van der Waals surface area contributed by atoms with E-state index in [9.17, 15) is 0 Å². The normalized spacial score (nSPS) is 30.2. The fourth-order valence-corrected chi connectivity index (χ4v) is 6.33. The molecule has 0 bridgehead atoms. The van der Waals surface area contributed by atoms with Crippen molar-refractivity contribution >= 4 is 11.9 Å². The van der Waals surface area contributed by atoms with E-state index < -0.39 is 0 Å².